The summed E-state index contributed by atoms with van der Waals surface area (Å²) in [7, 11) is 0. The molecule has 0 spiro atoms. The van der Waals surface area contributed by atoms with E-state index >= 15 is 0 Å². The first-order valence-electron chi connectivity index (χ1n) is 8.35. The molecule has 0 radical (unpaired) electrons. The lowest BCUT2D eigenvalue weighted by Crippen LogP contribution is -2.49. The highest BCUT2D eigenvalue weighted by Crippen LogP contribution is 2.14. The average Bonchev–Trinajstić information content (AvgIpc) is 2.56. The van der Waals surface area contributed by atoms with Crippen molar-refractivity contribution in [2.45, 2.75) is 33.9 Å². The summed E-state index contributed by atoms with van der Waals surface area (Å²) < 4.78 is 0. The number of aryl methyl sites for hydroxylation is 3. The maximum atomic E-state index is 12.5. The number of amides is 1. The summed E-state index contributed by atoms with van der Waals surface area (Å²) in [5, 5.41) is 0. The zero-order valence-corrected chi connectivity index (χ0v) is 14.6. The summed E-state index contributed by atoms with van der Waals surface area (Å²) in [6.07, 6.45) is 3.56. The highest BCUT2D eigenvalue weighted by atomic mass is 16.2. The van der Waals surface area contributed by atoms with Crippen LogP contribution < -0.4 is 0 Å². The Balaban J connectivity index is 1.57. The van der Waals surface area contributed by atoms with Crippen LogP contribution in [0.25, 0.3) is 0 Å². The molecule has 1 aromatic heterocycles. The molecule has 5 heteroatoms. The molecule has 2 aromatic rings. The smallest absolute Gasteiger partial charge is 0.237 e. The SMILES string of the molecule is Cc1cnc(CN2CCN(Cc3ccc(C)c(C)c3)C(=O)C2)cn1. The Morgan fingerprint density at radius 3 is 2.50 bits per heavy atom. The summed E-state index contributed by atoms with van der Waals surface area (Å²) in [6.45, 7) is 9.58. The number of carbonyl (C=O) groups excluding carboxylic acids is 1. The minimum Gasteiger partial charge on any atom is -0.336 e. The van der Waals surface area contributed by atoms with Gasteiger partial charge in [0, 0.05) is 38.6 Å². The molecule has 126 valence electrons. The van der Waals surface area contributed by atoms with Gasteiger partial charge in [0.25, 0.3) is 0 Å². The van der Waals surface area contributed by atoms with Gasteiger partial charge in [0.05, 0.1) is 17.9 Å². The van der Waals surface area contributed by atoms with Gasteiger partial charge in [0.15, 0.2) is 0 Å². The second kappa shape index (κ2) is 7.09. The van der Waals surface area contributed by atoms with Crippen molar-refractivity contribution in [3.05, 3.63) is 58.7 Å². The van der Waals surface area contributed by atoms with Crippen LogP contribution in [0.15, 0.2) is 30.6 Å². The fraction of sp³-hybridized carbons (Fsp3) is 0.421. The van der Waals surface area contributed by atoms with Crippen molar-refractivity contribution in [2.75, 3.05) is 19.6 Å². The molecule has 3 rings (SSSR count). The van der Waals surface area contributed by atoms with Gasteiger partial charge in [-0.3, -0.25) is 19.7 Å². The van der Waals surface area contributed by atoms with Gasteiger partial charge in [-0.2, -0.15) is 0 Å². The number of aromatic nitrogens is 2. The van der Waals surface area contributed by atoms with Crippen molar-refractivity contribution in [2.24, 2.45) is 0 Å². The molecule has 1 saturated heterocycles. The zero-order chi connectivity index (χ0) is 17.1. The number of benzene rings is 1. The maximum absolute atomic E-state index is 12.5. The van der Waals surface area contributed by atoms with Crippen molar-refractivity contribution >= 4 is 5.91 Å². The summed E-state index contributed by atoms with van der Waals surface area (Å²) >= 11 is 0. The highest BCUT2D eigenvalue weighted by molar-refractivity contribution is 5.79. The van der Waals surface area contributed by atoms with Gasteiger partial charge in [-0.1, -0.05) is 18.2 Å². The van der Waals surface area contributed by atoms with Crippen LogP contribution >= 0.6 is 0 Å². The lowest BCUT2D eigenvalue weighted by Gasteiger charge is -2.34. The van der Waals surface area contributed by atoms with E-state index in [1.54, 1.807) is 12.4 Å². The number of carbonyl (C=O) groups is 1. The number of hydrogen-bond acceptors (Lipinski definition) is 4. The maximum Gasteiger partial charge on any atom is 0.237 e. The number of piperazine rings is 1. The van der Waals surface area contributed by atoms with Crippen LogP contribution in [0, 0.1) is 20.8 Å². The van der Waals surface area contributed by atoms with Crippen LogP contribution in [0.2, 0.25) is 0 Å². The quantitative estimate of drug-likeness (QED) is 0.865. The van der Waals surface area contributed by atoms with Gasteiger partial charge in [-0.15, -0.1) is 0 Å². The molecule has 1 aliphatic heterocycles. The topological polar surface area (TPSA) is 49.3 Å². The van der Waals surface area contributed by atoms with Gasteiger partial charge in [-0.05, 0) is 37.5 Å². The molecule has 0 N–H and O–H groups in total. The largest absolute Gasteiger partial charge is 0.336 e. The summed E-state index contributed by atoms with van der Waals surface area (Å²) in [4.78, 5) is 25.2. The highest BCUT2D eigenvalue weighted by Gasteiger charge is 2.24. The van der Waals surface area contributed by atoms with E-state index in [2.05, 4.69) is 46.9 Å². The van der Waals surface area contributed by atoms with Crippen molar-refractivity contribution in [1.29, 1.82) is 0 Å². The monoisotopic (exact) mass is 324 g/mol. The van der Waals surface area contributed by atoms with Crippen LogP contribution in [0.4, 0.5) is 0 Å². The molecule has 5 nitrogen and oxygen atoms in total. The van der Waals surface area contributed by atoms with E-state index in [0.717, 1.165) is 24.5 Å². The third kappa shape index (κ3) is 3.97. The molecule has 0 bridgehead atoms. The Morgan fingerprint density at radius 1 is 1.00 bits per heavy atom. The molecular formula is C19H24N4O. The molecule has 24 heavy (non-hydrogen) atoms. The molecule has 0 aliphatic carbocycles. The van der Waals surface area contributed by atoms with E-state index in [9.17, 15) is 4.79 Å². The predicted octanol–water partition coefficient (Wildman–Crippen LogP) is 2.25. The fourth-order valence-electron chi connectivity index (χ4n) is 2.91. The van der Waals surface area contributed by atoms with Gasteiger partial charge >= 0.3 is 0 Å². The standard InChI is InChI=1S/C19H24N4O/c1-14-4-5-17(8-15(14)2)11-23-7-6-22(13-19(23)24)12-18-10-20-16(3)9-21-18/h4-5,8-10H,6-7,11-13H2,1-3H3. The van der Waals surface area contributed by atoms with E-state index in [-0.39, 0.29) is 5.91 Å². The Hall–Kier alpha value is -2.27. The predicted molar refractivity (Wildman–Crippen MR) is 93.4 cm³/mol. The molecule has 2 heterocycles. The lowest BCUT2D eigenvalue weighted by atomic mass is 10.1. The molecule has 0 atom stereocenters. The number of rotatable bonds is 4. The third-order valence-corrected chi connectivity index (χ3v) is 4.56. The average molecular weight is 324 g/mol. The first kappa shape index (κ1) is 16.6. The van der Waals surface area contributed by atoms with Crippen molar-refractivity contribution in [3.8, 4) is 0 Å². The summed E-state index contributed by atoms with van der Waals surface area (Å²) in [6, 6.07) is 6.42. The molecule has 1 aliphatic rings. The van der Waals surface area contributed by atoms with E-state index in [1.165, 1.54) is 16.7 Å². The van der Waals surface area contributed by atoms with Gasteiger partial charge in [-0.25, -0.2) is 0 Å². The van der Waals surface area contributed by atoms with Crippen LogP contribution in [-0.2, 0) is 17.9 Å². The molecule has 0 unspecified atom stereocenters. The molecule has 1 amide bonds. The second-order valence-corrected chi connectivity index (χ2v) is 6.59. The van der Waals surface area contributed by atoms with E-state index in [1.807, 2.05) is 11.8 Å². The van der Waals surface area contributed by atoms with E-state index in [0.29, 0.717) is 19.6 Å². The van der Waals surface area contributed by atoms with Crippen LogP contribution in [0.3, 0.4) is 0 Å². The van der Waals surface area contributed by atoms with Crippen molar-refractivity contribution in [1.82, 2.24) is 19.8 Å². The number of hydrogen-bond donors (Lipinski definition) is 0. The minimum absolute atomic E-state index is 0.180. The second-order valence-electron chi connectivity index (χ2n) is 6.59. The Kier molecular flexibility index (Phi) is 4.90. The molecular weight excluding hydrogens is 300 g/mol. The zero-order valence-electron chi connectivity index (χ0n) is 14.6. The lowest BCUT2D eigenvalue weighted by molar-refractivity contribution is -0.136. The summed E-state index contributed by atoms with van der Waals surface area (Å²) in [5.74, 6) is 0.180. The Bertz CT molecular complexity index is 727. The van der Waals surface area contributed by atoms with Crippen molar-refractivity contribution < 1.29 is 4.79 Å². The van der Waals surface area contributed by atoms with Crippen LogP contribution in [0.1, 0.15) is 28.1 Å². The van der Waals surface area contributed by atoms with Gasteiger partial charge < -0.3 is 4.90 Å². The van der Waals surface area contributed by atoms with Crippen molar-refractivity contribution in [3.63, 3.8) is 0 Å². The molecule has 1 aromatic carbocycles. The van der Waals surface area contributed by atoms with E-state index < -0.39 is 0 Å². The molecule has 1 fully saturated rings. The Morgan fingerprint density at radius 2 is 1.83 bits per heavy atom. The fourth-order valence-corrected chi connectivity index (χ4v) is 2.91. The minimum atomic E-state index is 0.180. The third-order valence-electron chi connectivity index (χ3n) is 4.56. The first-order valence-corrected chi connectivity index (χ1v) is 8.35. The first-order chi connectivity index (χ1) is 11.5. The Labute approximate surface area is 143 Å². The van der Waals surface area contributed by atoms with E-state index in [4.69, 9.17) is 0 Å². The van der Waals surface area contributed by atoms with Gasteiger partial charge in [0.1, 0.15) is 0 Å². The summed E-state index contributed by atoms with van der Waals surface area (Å²) in [5.41, 5.74) is 5.58. The van der Waals surface area contributed by atoms with Gasteiger partial charge in [0.2, 0.25) is 5.91 Å². The van der Waals surface area contributed by atoms with Crippen LogP contribution in [0.5, 0.6) is 0 Å². The normalized spacial score (nSPS) is 15.8. The molecule has 0 saturated carbocycles. The van der Waals surface area contributed by atoms with Crippen LogP contribution in [-0.4, -0.2) is 45.3 Å². The number of nitrogens with zero attached hydrogens (tertiary/aromatic N) is 4.